The van der Waals surface area contributed by atoms with Gasteiger partial charge in [-0.3, -0.25) is 4.79 Å². The topological polar surface area (TPSA) is 64.9 Å². The summed E-state index contributed by atoms with van der Waals surface area (Å²) in [6, 6.07) is 4.50. The first-order chi connectivity index (χ1) is 8.84. The summed E-state index contributed by atoms with van der Waals surface area (Å²) >= 11 is 5.68. The van der Waals surface area contributed by atoms with E-state index in [0.717, 1.165) is 18.2 Å². The van der Waals surface area contributed by atoms with Crippen molar-refractivity contribution in [3.05, 3.63) is 28.8 Å². The third-order valence-corrected chi connectivity index (χ3v) is 2.41. The van der Waals surface area contributed by atoms with Crippen LogP contribution in [0.2, 0.25) is 5.02 Å². The number of carbonyl (C=O) groups is 1. The smallest absolute Gasteiger partial charge is 0.375 e. The van der Waals surface area contributed by atoms with Crippen LogP contribution in [0.15, 0.2) is 18.2 Å². The minimum atomic E-state index is -4.47. The van der Waals surface area contributed by atoms with E-state index < -0.39 is 17.6 Å². The van der Waals surface area contributed by atoms with Crippen LogP contribution in [0.3, 0.4) is 0 Å². The average Bonchev–Trinajstić information content (AvgIpc) is 2.33. The van der Waals surface area contributed by atoms with E-state index in [2.05, 4.69) is 10.6 Å². The number of amides is 1. The Kier molecular flexibility index (Phi) is 5.01. The minimum Gasteiger partial charge on any atom is -0.375 e. The lowest BCUT2D eigenvalue weighted by Gasteiger charge is -2.11. The first-order valence-electron chi connectivity index (χ1n) is 5.09. The zero-order chi connectivity index (χ0) is 14.5. The van der Waals surface area contributed by atoms with Gasteiger partial charge in [0.05, 0.1) is 28.9 Å². The highest BCUT2D eigenvalue weighted by Gasteiger charge is 2.30. The number of hydrogen-bond donors (Lipinski definition) is 2. The highest BCUT2D eigenvalue weighted by molar-refractivity contribution is 6.33. The van der Waals surface area contributed by atoms with Gasteiger partial charge in [0, 0.05) is 0 Å². The van der Waals surface area contributed by atoms with Gasteiger partial charge in [0.1, 0.15) is 6.54 Å². The second-order valence-corrected chi connectivity index (χ2v) is 3.89. The number of alkyl halides is 3. The van der Waals surface area contributed by atoms with Gasteiger partial charge in [0.25, 0.3) is 0 Å². The first-order valence-corrected chi connectivity index (χ1v) is 5.46. The Balaban J connectivity index is 2.66. The van der Waals surface area contributed by atoms with Crippen molar-refractivity contribution in [2.75, 3.05) is 18.4 Å². The van der Waals surface area contributed by atoms with Gasteiger partial charge in [-0.2, -0.15) is 18.4 Å². The van der Waals surface area contributed by atoms with Crippen LogP contribution in [-0.4, -0.2) is 19.0 Å². The quantitative estimate of drug-likeness (QED) is 0.837. The van der Waals surface area contributed by atoms with Crippen LogP contribution in [-0.2, 0) is 11.0 Å². The molecule has 0 atom stereocenters. The molecule has 1 aromatic carbocycles. The molecule has 0 aliphatic rings. The fourth-order valence-electron chi connectivity index (χ4n) is 1.21. The van der Waals surface area contributed by atoms with E-state index in [-0.39, 0.29) is 23.8 Å². The number of halogens is 4. The third-order valence-electron chi connectivity index (χ3n) is 2.10. The molecule has 19 heavy (non-hydrogen) atoms. The Hall–Kier alpha value is -1.94. The predicted octanol–water partition coefficient (Wildman–Crippen LogP) is 2.41. The SMILES string of the molecule is N#CCNC(=O)CNc1ccc(C(F)(F)F)cc1Cl. The van der Waals surface area contributed by atoms with Gasteiger partial charge < -0.3 is 10.6 Å². The molecule has 0 saturated carbocycles. The van der Waals surface area contributed by atoms with Gasteiger partial charge in [-0.15, -0.1) is 0 Å². The number of anilines is 1. The van der Waals surface area contributed by atoms with E-state index in [9.17, 15) is 18.0 Å². The molecule has 2 N–H and O–H groups in total. The van der Waals surface area contributed by atoms with Crippen molar-refractivity contribution >= 4 is 23.2 Å². The highest BCUT2D eigenvalue weighted by atomic mass is 35.5. The molecule has 0 spiro atoms. The van der Waals surface area contributed by atoms with Crippen LogP contribution >= 0.6 is 11.6 Å². The van der Waals surface area contributed by atoms with Gasteiger partial charge in [0.15, 0.2) is 0 Å². The van der Waals surface area contributed by atoms with E-state index in [1.807, 2.05) is 0 Å². The van der Waals surface area contributed by atoms with Crippen LogP contribution in [0.4, 0.5) is 18.9 Å². The molecule has 0 aromatic heterocycles. The molecule has 1 rings (SSSR count). The second-order valence-electron chi connectivity index (χ2n) is 3.48. The molecular formula is C11H9ClF3N3O. The van der Waals surface area contributed by atoms with Crippen LogP contribution < -0.4 is 10.6 Å². The molecule has 8 heteroatoms. The molecule has 102 valence electrons. The van der Waals surface area contributed by atoms with Gasteiger partial charge in [0.2, 0.25) is 5.91 Å². The molecule has 0 fully saturated rings. The molecule has 1 aromatic rings. The number of benzene rings is 1. The van der Waals surface area contributed by atoms with Crippen molar-refractivity contribution in [2.45, 2.75) is 6.18 Å². The van der Waals surface area contributed by atoms with Crippen molar-refractivity contribution in [3.63, 3.8) is 0 Å². The maximum absolute atomic E-state index is 12.4. The number of nitrogens with one attached hydrogen (secondary N) is 2. The summed E-state index contributed by atoms with van der Waals surface area (Å²) in [7, 11) is 0. The molecule has 0 unspecified atom stereocenters. The number of nitrogens with zero attached hydrogens (tertiary/aromatic N) is 1. The summed E-state index contributed by atoms with van der Waals surface area (Å²) in [6.07, 6.45) is -4.47. The second kappa shape index (κ2) is 6.29. The lowest BCUT2D eigenvalue weighted by molar-refractivity contribution is -0.137. The molecule has 0 aliphatic carbocycles. The zero-order valence-electron chi connectivity index (χ0n) is 9.51. The number of rotatable bonds is 4. The molecule has 0 bridgehead atoms. The zero-order valence-corrected chi connectivity index (χ0v) is 10.3. The van der Waals surface area contributed by atoms with Crippen molar-refractivity contribution in [2.24, 2.45) is 0 Å². The van der Waals surface area contributed by atoms with E-state index in [1.165, 1.54) is 0 Å². The van der Waals surface area contributed by atoms with E-state index >= 15 is 0 Å². The maximum Gasteiger partial charge on any atom is 0.416 e. The number of nitriles is 1. The number of carbonyl (C=O) groups excluding carboxylic acids is 1. The Morgan fingerprint density at radius 3 is 2.63 bits per heavy atom. The van der Waals surface area contributed by atoms with Gasteiger partial charge in [-0.1, -0.05) is 11.6 Å². The Morgan fingerprint density at radius 1 is 1.42 bits per heavy atom. The molecule has 0 heterocycles. The minimum absolute atomic E-state index is 0.136. The summed E-state index contributed by atoms with van der Waals surface area (Å²) < 4.78 is 37.1. The Bertz CT molecular complexity index is 511. The fraction of sp³-hybridized carbons (Fsp3) is 0.273. The Morgan fingerprint density at radius 2 is 2.11 bits per heavy atom. The van der Waals surface area contributed by atoms with Crippen LogP contribution in [0, 0.1) is 11.3 Å². The van der Waals surface area contributed by atoms with Crippen LogP contribution in [0.5, 0.6) is 0 Å². The number of hydrogen-bond acceptors (Lipinski definition) is 3. The molecule has 1 amide bonds. The standard InChI is InChI=1S/C11H9ClF3N3O/c12-8-5-7(11(13,14)15)1-2-9(8)18-6-10(19)17-4-3-16/h1-2,5,18H,4,6H2,(H,17,19). The largest absolute Gasteiger partial charge is 0.416 e. The lowest BCUT2D eigenvalue weighted by Crippen LogP contribution is -2.30. The van der Waals surface area contributed by atoms with Crippen LogP contribution in [0.25, 0.3) is 0 Å². The molecular weight excluding hydrogens is 283 g/mol. The van der Waals surface area contributed by atoms with Gasteiger partial charge >= 0.3 is 6.18 Å². The summed E-state index contributed by atoms with van der Waals surface area (Å²) in [6.45, 7) is -0.325. The monoisotopic (exact) mass is 291 g/mol. The normalized spacial score (nSPS) is 10.7. The summed E-state index contributed by atoms with van der Waals surface area (Å²) in [5.74, 6) is -0.461. The predicted molar refractivity (Wildman–Crippen MR) is 63.6 cm³/mol. The Labute approximate surface area is 112 Å². The highest BCUT2D eigenvalue weighted by Crippen LogP contribution is 2.33. The van der Waals surface area contributed by atoms with Gasteiger partial charge in [-0.05, 0) is 18.2 Å². The summed E-state index contributed by atoms with van der Waals surface area (Å²) in [5.41, 5.74) is -0.654. The molecule has 0 aliphatic heterocycles. The lowest BCUT2D eigenvalue weighted by atomic mass is 10.2. The van der Waals surface area contributed by atoms with Crippen molar-refractivity contribution in [1.82, 2.24) is 5.32 Å². The van der Waals surface area contributed by atoms with E-state index in [1.54, 1.807) is 6.07 Å². The van der Waals surface area contributed by atoms with E-state index in [4.69, 9.17) is 16.9 Å². The van der Waals surface area contributed by atoms with Gasteiger partial charge in [-0.25, -0.2) is 0 Å². The maximum atomic E-state index is 12.4. The van der Waals surface area contributed by atoms with E-state index in [0.29, 0.717) is 0 Å². The fourth-order valence-corrected chi connectivity index (χ4v) is 1.46. The average molecular weight is 292 g/mol. The van der Waals surface area contributed by atoms with Crippen molar-refractivity contribution in [3.8, 4) is 6.07 Å². The summed E-state index contributed by atoms with van der Waals surface area (Å²) in [5, 5.41) is 13.0. The van der Waals surface area contributed by atoms with Crippen molar-refractivity contribution in [1.29, 1.82) is 5.26 Å². The molecule has 0 radical (unpaired) electrons. The third kappa shape index (κ3) is 4.67. The van der Waals surface area contributed by atoms with Crippen LogP contribution in [0.1, 0.15) is 5.56 Å². The molecule has 4 nitrogen and oxygen atoms in total. The first kappa shape index (κ1) is 15.1. The molecule has 0 saturated heterocycles. The van der Waals surface area contributed by atoms with Crippen molar-refractivity contribution < 1.29 is 18.0 Å². The summed E-state index contributed by atoms with van der Waals surface area (Å²) in [4.78, 5) is 11.2.